The molecule has 0 saturated carbocycles. The SMILES string of the molecule is c1ccc2c(C3CNCC[N]3)snc2c1. The Bertz CT molecular complexity index is 460. The number of nitrogens with zero attached hydrogens (tertiary/aromatic N) is 2. The highest BCUT2D eigenvalue weighted by atomic mass is 32.1. The first-order valence-corrected chi connectivity index (χ1v) is 5.94. The van der Waals surface area contributed by atoms with Crippen molar-refractivity contribution >= 4 is 22.4 Å². The van der Waals surface area contributed by atoms with Crippen LogP contribution in [0.4, 0.5) is 0 Å². The molecule has 1 aliphatic rings. The lowest BCUT2D eigenvalue weighted by Gasteiger charge is -2.21. The Morgan fingerprint density at radius 1 is 1.33 bits per heavy atom. The van der Waals surface area contributed by atoms with Crippen molar-refractivity contribution < 1.29 is 0 Å². The molecule has 0 spiro atoms. The molecule has 1 fully saturated rings. The van der Waals surface area contributed by atoms with Crippen molar-refractivity contribution in [2.24, 2.45) is 0 Å². The van der Waals surface area contributed by atoms with E-state index in [-0.39, 0.29) is 0 Å². The molecule has 15 heavy (non-hydrogen) atoms. The maximum atomic E-state index is 4.63. The van der Waals surface area contributed by atoms with Crippen LogP contribution in [0.1, 0.15) is 10.9 Å². The molecule has 1 aromatic heterocycles. The zero-order valence-corrected chi connectivity index (χ0v) is 9.13. The van der Waals surface area contributed by atoms with Crippen LogP contribution in [0.2, 0.25) is 0 Å². The van der Waals surface area contributed by atoms with E-state index in [1.807, 2.05) is 6.07 Å². The second-order valence-electron chi connectivity index (χ2n) is 3.69. The highest BCUT2D eigenvalue weighted by molar-refractivity contribution is 7.07. The van der Waals surface area contributed by atoms with Gasteiger partial charge in [0.2, 0.25) is 0 Å². The van der Waals surface area contributed by atoms with Crippen molar-refractivity contribution in [1.29, 1.82) is 0 Å². The third-order valence-corrected chi connectivity index (χ3v) is 3.67. The molecular weight excluding hydrogens is 206 g/mol. The normalized spacial score (nSPS) is 22.0. The largest absolute Gasteiger partial charge is 0.313 e. The summed E-state index contributed by atoms with van der Waals surface area (Å²) >= 11 is 1.59. The highest BCUT2D eigenvalue weighted by Crippen LogP contribution is 2.28. The molecule has 1 N–H and O–H groups in total. The van der Waals surface area contributed by atoms with Crippen LogP contribution in [0.3, 0.4) is 0 Å². The highest BCUT2D eigenvalue weighted by Gasteiger charge is 2.19. The van der Waals surface area contributed by atoms with E-state index in [2.05, 4.69) is 33.2 Å². The molecule has 2 heterocycles. The van der Waals surface area contributed by atoms with Crippen LogP contribution in [0.25, 0.3) is 10.9 Å². The summed E-state index contributed by atoms with van der Waals surface area (Å²) in [4.78, 5) is 1.30. The monoisotopic (exact) mass is 218 g/mol. The molecule has 0 aliphatic carbocycles. The van der Waals surface area contributed by atoms with Crippen molar-refractivity contribution in [2.45, 2.75) is 6.04 Å². The van der Waals surface area contributed by atoms with Crippen molar-refractivity contribution in [3.05, 3.63) is 29.1 Å². The van der Waals surface area contributed by atoms with Crippen molar-refractivity contribution in [2.75, 3.05) is 19.6 Å². The van der Waals surface area contributed by atoms with Gasteiger partial charge in [-0.3, -0.25) is 0 Å². The molecule has 1 radical (unpaired) electrons. The number of fused-ring (bicyclic) bond motifs is 1. The quantitative estimate of drug-likeness (QED) is 0.788. The zero-order chi connectivity index (χ0) is 10.1. The Kier molecular flexibility index (Phi) is 2.40. The van der Waals surface area contributed by atoms with E-state index in [4.69, 9.17) is 0 Å². The molecule has 3 rings (SSSR count). The molecule has 1 atom stereocenters. The lowest BCUT2D eigenvalue weighted by Crippen LogP contribution is -2.38. The van der Waals surface area contributed by atoms with Crippen LogP contribution >= 0.6 is 11.5 Å². The fraction of sp³-hybridized carbons (Fsp3) is 0.364. The van der Waals surface area contributed by atoms with Gasteiger partial charge in [0.15, 0.2) is 0 Å². The fourth-order valence-electron chi connectivity index (χ4n) is 1.93. The molecular formula is C11H12N3S. The van der Waals surface area contributed by atoms with Gasteiger partial charge in [-0.05, 0) is 17.6 Å². The molecule has 77 valence electrons. The average molecular weight is 218 g/mol. The molecule has 4 heteroatoms. The second-order valence-corrected chi connectivity index (χ2v) is 4.50. The van der Waals surface area contributed by atoms with E-state index in [0.717, 1.165) is 25.2 Å². The van der Waals surface area contributed by atoms with Crippen molar-refractivity contribution in [3.8, 4) is 0 Å². The van der Waals surface area contributed by atoms with Crippen LogP contribution in [0, 0.1) is 0 Å². The lowest BCUT2D eigenvalue weighted by atomic mass is 10.1. The third kappa shape index (κ3) is 1.65. The number of nitrogens with one attached hydrogen (secondary N) is 1. The molecule has 0 amide bonds. The summed E-state index contributed by atoms with van der Waals surface area (Å²) in [5, 5.41) is 9.27. The summed E-state index contributed by atoms with van der Waals surface area (Å²) in [6.45, 7) is 2.87. The third-order valence-electron chi connectivity index (χ3n) is 2.69. The molecule has 1 aromatic carbocycles. The maximum Gasteiger partial charge on any atom is 0.0844 e. The number of benzene rings is 1. The van der Waals surface area contributed by atoms with Gasteiger partial charge in [-0.15, -0.1) is 0 Å². The fourth-order valence-corrected chi connectivity index (χ4v) is 2.83. The zero-order valence-electron chi connectivity index (χ0n) is 8.31. The number of aromatic nitrogens is 1. The van der Waals surface area contributed by atoms with Crippen LogP contribution in [-0.2, 0) is 0 Å². The Labute approximate surface area is 92.7 Å². The topological polar surface area (TPSA) is 39.0 Å². The Balaban J connectivity index is 2.02. The van der Waals surface area contributed by atoms with Crippen LogP contribution in [0.15, 0.2) is 24.3 Å². The molecule has 1 saturated heterocycles. The van der Waals surface area contributed by atoms with Gasteiger partial charge in [-0.1, -0.05) is 18.2 Å². The van der Waals surface area contributed by atoms with E-state index >= 15 is 0 Å². The van der Waals surface area contributed by atoms with E-state index in [1.54, 1.807) is 11.5 Å². The Morgan fingerprint density at radius 3 is 3.13 bits per heavy atom. The molecule has 1 aliphatic heterocycles. The summed E-state index contributed by atoms with van der Waals surface area (Å²) < 4.78 is 4.45. The first-order valence-electron chi connectivity index (χ1n) is 5.17. The van der Waals surface area contributed by atoms with Crippen LogP contribution in [0.5, 0.6) is 0 Å². The van der Waals surface area contributed by atoms with Gasteiger partial charge in [0.1, 0.15) is 0 Å². The number of rotatable bonds is 1. The summed E-state index contributed by atoms with van der Waals surface area (Å²) in [6.07, 6.45) is 0. The van der Waals surface area contributed by atoms with Gasteiger partial charge >= 0.3 is 0 Å². The summed E-state index contributed by atoms with van der Waals surface area (Å²) in [5.41, 5.74) is 1.10. The first-order chi connectivity index (χ1) is 7.45. The van der Waals surface area contributed by atoms with Gasteiger partial charge in [-0.25, -0.2) is 5.32 Å². The lowest BCUT2D eigenvalue weighted by molar-refractivity contribution is 0.428. The number of hydrogen-bond acceptors (Lipinski definition) is 3. The summed E-state index contributed by atoms with van der Waals surface area (Å²) in [7, 11) is 0. The minimum atomic E-state index is 0.302. The standard InChI is InChI=1S/C11H12N3S/c1-2-4-9-8(3-1)11(15-14-9)10-7-12-5-6-13-10/h1-4,10,12H,5-7H2. The van der Waals surface area contributed by atoms with E-state index < -0.39 is 0 Å². The van der Waals surface area contributed by atoms with Crippen LogP contribution in [-0.4, -0.2) is 24.0 Å². The van der Waals surface area contributed by atoms with E-state index in [9.17, 15) is 0 Å². The first kappa shape index (κ1) is 9.27. The van der Waals surface area contributed by atoms with E-state index in [1.165, 1.54) is 10.3 Å². The number of hydrogen-bond donors (Lipinski definition) is 1. The van der Waals surface area contributed by atoms with Gasteiger partial charge in [0, 0.05) is 25.0 Å². The van der Waals surface area contributed by atoms with Crippen molar-refractivity contribution in [3.63, 3.8) is 0 Å². The van der Waals surface area contributed by atoms with Crippen molar-refractivity contribution in [1.82, 2.24) is 15.0 Å². The Hall–Kier alpha value is -0.970. The van der Waals surface area contributed by atoms with Gasteiger partial charge in [0.25, 0.3) is 0 Å². The molecule has 1 unspecified atom stereocenters. The molecule has 0 bridgehead atoms. The van der Waals surface area contributed by atoms with Gasteiger partial charge < -0.3 is 5.32 Å². The number of piperazine rings is 1. The van der Waals surface area contributed by atoms with Gasteiger partial charge in [-0.2, -0.15) is 4.37 Å². The predicted molar refractivity (Wildman–Crippen MR) is 62.2 cm³/mol. The van der Waals surface area contributed by atoms with Gasteiger partial charge in [0.05, 0.1) is 16.4 Å². The average Bonchev–Trinajstić information content (AvgIpc) is 2.74. The minimum absolute atomic E-state index is 0.302. The Morgan fingerprint density at radius 2 is 2.27 bits per heavy atom. The molecule has 3 nitrogen and oxygen atoms in total. The predicted octanol–water partition coefficient (Wildman–Crippen LogP) is 1.54. The maximum absolute atomic E-state index is 4.63. The minimum Gasteiger partial charge on any atom is -0.313 e. The summed E-state index contributed by atoms with van der Waals surface area (Å²) in [6, 6.07) is 8.60. The second kappa shape index (κ2) is 3.89. The summed E-state index contributed by atoms with van der Waals surface area (Å²) in [5.74, 6) is 0. The van der Waals surface area contributed by atoms with Crippen LogP contribution < -0.4 is 10.6 Å². The smallest absolute Gasteiger partial charge is 0.0844 e. The van der Waals surface area contributed by atoms with E-state index in [0.29, 0.717) is 6.04 Å². The molecule has 2 aromatic rings.